The number of hydrogen-bond donors (Lipinski definition) is 1. The summed E-state index contributed by atoms with van der Waals surface area (Å²) in [6, 6.07) is 22.3. The highest BCUT2D eigenvalue weighted by molar-refractivity contribution is 7.92. The number of nitrogens with zero attached hydrogens (tertiary/aromatic N) is 4. The van der Waals surface area contributed by atoms with Crippen LogP contribution in [0.15, 0.2) is 96.0 Å². The van der Waals surface area contributed by atoms with Gasteiger partial charge in [0, 0.05) is 6.20 Å². The van der Waals surface area contributed by atoms with Crippen LogP contribution in [0.1, 0.15) is 21.6 Å². The number of halogens is 1. The van der Waals surface area contributed by atoms with E-state index in [1.807, 2.05) is 30.3 Å². The van der Waals surface area contributed by atoms with Crippen molar-refractivity contribution in [3.63, 3.8) is 0 Å². The molecule has 0 bridgehead atoms. The number of pyridine rings is 1. The maximum Gasteiger partial charge on any atom is 0.339 e. The molecule has 2 heterocycles. The second-order valence-electron chi connectivity index (χ2n) is 8.31. The van der Waals surface area contributed by atoms with Crippen molar-refractivity contribution in [3.05, 3.63) is 114 Å². The van der Waals surface area contributed by atoms with Gasteiger partial charge in [0.25, 0.3) is 10.0 Å². The van der Waals surface area contributed by atoms with Gasteiger partial charge in [-0.1, -0.05) is 48.5 Å². The molecule has 0 amide bonds. The van der Waals surface area contributed by atoms with Crippen molar-refractivity contribution in [2.24, 2.45) is 0 Å². The normalized spacial score (nSPS) is 11.5. The Labute approximate surface area is 212 Å². The summed E-state index contributed by atoms with van der Waals surface area (Å²) in [4.78, 5) is 16.6. The summed E-state index contributed by atoms with van der Waals surface area (Å²) in [5.41, 5.74) is 1.64. The molecule has 5 rings (SSSR count). The van der Waals surface area contributed by atoms with E-state index in [9.17, 15) is 22.7 Å². The highest BCUT2D eigenvalue weighted by atomic mass is 32.2. The van der Waals surface area contributed by atoms with E-state index in [4.69, 9.17) is 0 Å². The number of sulfonamides is 1. The number of carboxylic acid groups (broad SMARTS) is 1. The first-order valence-electron chi connectivity index (χ1n) is 11.3. The SMILES string of the molecule is Cc1nn(-c2ccccc2)c2ncc(C(=O)O)c(N(Cc3ccccc3)S(=O)(=O)c3ccc(F)cc3)c12. The minimum absolute atomic E-state index is 0.0645. The van der Waals surface area contributed by atoms with Gasteiger partial charge in [-0.3, -0.25) is 4.31 Å². The molecule has 37 heavy (non-hydrogen) atoms. The second kappa shape index (κ2) is 9.47. The van der Waals surface area contributed by atoms with Gasteiger partial charge in [0.15, 0.2) is 5.65 Å². The molecule has 186 valence electrons. The number of aryl methyl sites for hydroxylation is 1. The third-order valence-electron chi connectivity index (χ3n) is 5.90. The molecule has 0 aliphatic heterocycles. The average Bonchev–Trinajstić information content (AvgIpc) is 3.24. The summed E-state index contributed by atoms with van der Waals surface area (Å²) in [6.45, 7) is 1.50. The first-order chi connectivity index (χ1) is 17.8. The number of benzene rings is 3. The molecule has 2 aromatic heterocycles. The van der Waals surface area contributed by atoms with E-state index < -0.39 is 21.8 Å². The molecule has 0 saturated heterocycles. The van der Waals surface area contributed by atoms with Gasteiger partial charge in [0.2, 0.25) is 0 Å². The fourth-order valence-corrected chi connectivity index (χ4v) is 5.65. The molecule has 3 aromatic carbocycles. The summed E-state index contributed by atoms with van der Waals surface area (Å²) in [7, 11) is -4.35. The van der Waals surface area contributed by atoms with Crippen LogP contribution in [0, 0.1) is 12.7 Å². The largest absolute Gasteiger partial charge is 0.478 e. The molecule has 0 spiro atoms. The van der Waals surface area contributed by atoms with E-state index in [1.54, 1.807) is 41.9 Å². The molecule has 0 radical (unpaired) electrons. The third kappa shape index (κ3) is 4.43. The van der Waals surface area contributed by atoms with E-state index in [-0.39, 0.29) is 28.1 Å². The lowest BCUT2D eigenvalue weighted by Gasteiger charge is -2.27. The standard InChI is InChI=1S/C27H21FN4O4S/c1-18-24-25(23(27(33)34)16-29-26(24)32(30-18)21-10-6-3-7-11-21)31(17-19-8-4-2-5-9-19)37(35,36)22-14-12-20(28)13-15-22/h2-16H,17H2,1H3,(H,33,34). The van der Waals surface area contributed by atoms with Gasteiger partial charge >= 0.3 is 5.97 Å². The predicted molar refractivity (Wildman–Crippen MR) is 137 cm³/mol. The molecular formula is C27H21FN4O4S. The zero-order chi connectivity index (χ0) is 26.2. The molecule has 0 aliphatic rings. The number of fused-ring (bicyclic) bond motifs is 1. The van der Waals surface area contributed by atoms with Crippen molar-refractivity contribution in [2.45, 2.75) is 18.4 Å². The number of aromatic carboxylic acids is 1. The molecule has 10 heteroatoms. The van der Waals surface area contributed by atoms with E-state index in [0.29, 0.717) is 22.6 Å². The van der Waals surface area contributed by atoms with E-state index in [0.717, 1.165) is 34.8 Å². The average molecular weight is 517 g/mol. The highest BCUT2D eigenvalue weighted by Gasteiger charge is 2.33. The van der Waals surface area contributed by atoms with E-state index >= 15 is 0 Å². The number of hydrogen-bond acceptors (Lipinski definition) is 5. The van der Waals surface area contributed by atoms with Gasteiger partial charge in [-0.25, -0.2) is 27.3 Å². The lowest BCUT2D eigenvalue weighted by atomic mass is 10.1. The van der Waals surface area contributed by atoms with E-state index in [1.165, 1.54) is 0 Å². The molecule has 0 fully saturated rings. The molecule has 8 nitrogen and oxygen atoms in total. The van der Waals surface area contributed by atoms with Crippen LogP contribution in [-0.2, 0) is 16.6 Å². The fraction of sp³-hybridized carbons (Fsp3) is 0.0741. The van der Waals surface area contributed by atoms with Crippen molar-refractivity contribution in [3.8, 4) is 5.69 Å². The van der Waals surface area contributed by atoms with Crippen molar-refractivity contribution in [1.29, 1.82) is 0 Å². The Morgan fingerprint density at radius 2 is 1.59 bits per heavy atom. The Balaban J connectivity index is 1.83. The third-order valence-corrected chi connectivity index (χ3v) is 7.65. The van der Waals surface area contributed by atoms with Crippen LogP contribution in [-0.4, -0.2) is 34.3 Å². The van der Waals surface area contributed by atoms with Crippen LogP contribution >= 0.6 is 0 Å². The zero-order valence-corrected chi connectivity index (χ0v) is 20.4. The number of rotatable bonds is 7. The van der Waals surface area contributed by atoms with Crippen LogP contribution in [0.3, 0.4) is 0 Å². The topological polar surface area (TPSA) is 105 Å². The number of para-hydroxylation sites is 1. The summed E-state index contributed by atoms with van der Waals surface area (Å²) in [6.07, 6.45) is 1.14. The van der Waals surface area contributed by atoms with Gasteiger partial charge in [-0.05, 0) is 48.9 Å². The summed E-state index contributed by atoms with van der Waals surface area (Å²) >= 11 is 0. The Hall–Kier alpha value is -4.57. The Morgan fingerprint density at radius 1 is 0.973 bits per heavy atom. The second-order valence-corrected chi connectivity index (χ2v) is 10.2. The van der Waals surface area contributed by atoms with Crippen LogP contribution in [0.2, 0.25) is 0 Å². The number of aromatic nitrogens is 3. The Bertz CT molecular complexity index is 1700. The molecule has 5 aromatic rings. The predicted octanol–water partition coefficient (Wildman–Crippen LogP) is 4.96. The number of anilines is 1. The zero-order valence-electron chi connectivity index (χ0n) is 19.6. The van der Waals surface area contributed by atoms with Gasteiger partial charge < -0.3 is 5.11 Å². The number of carbonyl (C=O) groups is 1. The van der Waals surface area contributed by atoms with Crippen LogP contribution in [0.25, 0.3) is 16.7 Å². The first-order valence-corrected chi connectivity index (χ1v) is 12.7. The lowest BCUT2D eigenvalue weighted by Crippen LogP contribution is -2.32. The molecule has 0 unspecified atom stereocenters. The first kappa shape index (κ1) is 24.1. The van der Waals surface area contributed by atoms with Crippen LogP contribution in [0.5, 0.6) is 0 Å². The van der Waals surface area contributed by atoms with Gasteiger partial charge in [-0.2, -0.15) is 5.10 Å². The molecule has 0 saturated carbocycles. The Kier molecular flexibility index (Phi) is 6.18. The van der Waals surface area contributed by atoms with Crippen LogP contribution in [0.4, 0.5) is 10.1 Å². The Morgan fingerprint density at radius 3 is 2.22 bits per heavy atom. The summed E-state index contributed by atoms with van der Waals surface area (Å²) in [5.74, 6) is -1.94. The quantitative estimate of drug-likeness (QED) is 0.328. The molecule has 0 atom stereocenters. The van der Waals surface area contributed by atoms with E-state index in [2.05, 4.69) is 10.1 Å². The molecular weight excluding hydrogens is 495 g/mol. The monoisotopic (exact) mass is 516 g/mol. The fourth-order valence-electron chi connectivity index (χ4n) is 4.17. The minimum Gasteiger partial charge on any atom is -0.478 e. The molecule has 0 aliphatic carbocycles. The van der Waals surface area contributed by atoms with Crippen molar-refractivity contribution >= 4 is 32.7 Å². The maximum absolute atomic E-state index is 14.0. The van der Waals surface area contributed by atoms with Gasteiger partial charge in [-0.15, -0.1) is 0 Å². The summed E-state index contributed by atoms with van der Waals surface area (Å²) in [5, 5.41) is 14.9. The van der Waals surface area contributed by atoms with Crippen molar-refractivity contribution in [2.75, 3.05) is 4.31 Å². The van der Waals surface area contributed by atoms with Crippen LogP contribution < -0.4 is 4.31 Å². The van der Waals surface area contributed by atoms with Crippen molar-refractivity contribution < 1.29 is 22.7 Å². The van der Waals surface area contributed by atoms with Gasteiger partial charge in [0.05, 0.1) is 33.9 Å². The van der Waals surface area contributed by atoms with Crippen molar-refractivity contribution in [1.82, 2.24) is 14.8 Å². The van der Waals surface area contributed by atoms with Gasteiger partial charge in [0.1, 0.15) is 11.4 Å². The maximum atomic E-state index is 14.0. The molecule has 1 N–H and O–H groups in total. The smallest absolute Gasteiger partial charge is 0.339 e. The lowest BCUT2D eigenvalue weighted by molar-refractivity contribution is 0.0697. The summed E-state index contributed by atoms with van der Waals surface area (Å²) < 4.78 is 44.3. The minimum atomic E-state index is -4.35. The number of carboxylic acids is 1. The highest BCUT2D eigenvalue weighted by Crippen LogP contribution is 2.37.